The van der Waals surface area contributed by atoms with Crippen LogP contribution in [0.4, 0.5) is 4.79 Å². The molecule has 0 spiro atoms. The molecule has 0 aromatic carbocycles. The zero-order valence-electron chi connectivity index (χ0n) is 14.2. The highest BCUT2D eigenvalue weighted by Gasteiger charge is 2.22. The number of hydrogen-bond donors (Lipinski definition) is 1. The fourth-order valence-corrected chi connectivity index (χ4v) is 2.82. The van der Waals surface area contributed by atoms with E-state index in [-0.39, 0.29) is 6.09 Å². The lowest BCUT2D eigenvalue weighted by Crippen LogP contribution is -2.45. The maximum absolute atomic E-state index is 11.6. The van der Waals surface area contributed by atoms with Crippen LogP contribution in [0.3, 0.4) is 0 Å². The second kappa shape index (κ2) is 10.9. The van der Waals surface area contributed by atoms with Gasteiger partial charge in [-0.05, 0) is 38.6 Å². The van der Waals surface area contributed by atoms with Gasteiger partial charge >= 0.3 is 6.09 Å². The van der Waals surface area contributed by atoms with Gasteiger partial charge in [0, 0.05) is 19.1 Å². The van der Waals surface area contributed by atoms with Crippen molar-refractivity contribution in [2.45, 2.75) is 71.8 Å². The van der Waals surface area contributed by atoms with Crippen molar-refractivity contribution in [3.8, 4) is 0 Å². The van der Waals surface area contributed by atoms with E-state index >= 15 is 0 Å². The number of ether oxygens (including phenoxy) is 1. The summed E-state index contributed by atoms with van der Waals surface area (Å²) in [5, 5.41) is 3.63. The Bertz CT molecular complexity index is 274. The molecule has 0 radical (unpaired) electrons. The van der Waals surface area contributed by atoms with Crippen molar-refractivity contribution in [2.24, 2.45) is 5.92 Å². The summed E-state index contributed by atoms with van der Waals surface area (Å²) in [6.45, 7) is 9.68. The third-order valence-corrected chi connectivity index (χ3v) is 4.16. The van der Waals surface area contributed by atoms with Crippen molar-refractivity contribution < 1.29 is 9.53 Å². The van der Waals surface area contributed by atoms with E-state index in [0.29, 0.717) is 12.6 Å². The maximum Gasteiger partial charge on any atom is 0.409 e. The molecule has 124 valence electrons. The van der Waals surface area contributed by atoms with Crippen LogP contribution in [0.5, 0.6) is 0 Å². The van der Waals surface area contributed by atoms with E-state index in [1.165, 1.54) is 32.1 Å². The molecule has 1 heterocycles. The Morgan fingerprint density at radius 1 is 1.19 bits per heavy atom. The standard InChI is InChI=1S/C17H34N2O2/c1-4-21-17(20)19-13-10-16(11-14-19)18-12-8-6-5-7-9-15(2)3/h15-16,18H,4-14H2,1-3H3. The smallest absolute Gasteiger partial charge is 0.409 e. The van der Waals surface area contributed by atoms with Gasteiger partial charge in [-0.1, -0.05) is 39.5 Å². The first-order valence-corrected chi connectivity index (χ1v) is 8.78. The lowest BCUT2D eigenvalue weighted by Gasteiger charge is -2.31. The molecule has 0 aromatic heterocycles. The summed E-state index contributed by atoms with van der Waals surface area (Å²) in [5.74, 6) is 0.840. The molecular formula is C17H34N2O2. The summed E-state index contributed by atoms with van der Waals surface area (Å²) >= 11 is 0. The molecule has 0 aromatic rings. The quantitative estimate of drug-likeness (QED) is 0.658. The van der Waals surface area contributed by atoms with Crippen LogP contribution >= 0.6 is 0 Å². The van der Waals surface area contributed by atoms with Crippen molar-refractivity contribution in [1.82, 2.24) is 10.2 Å². The van der Waals surface area contributed by atoms with Crippen LogP contribution in [0.25, 0.3) is 0 Å². The Balaban J connectivity index is 1.97. The monoisotopic (exact) mass is 298 g/mol. The molecule has 1 N–H and O–H groups in total. The summed E-state index contributed by atoms with van der Waals surface area (Å²) in [6.07, 6.45) is 8.65. The van der Waals surface area contributed by atoms with Crippen LogP contribution in [-0.2, 0) is 4.74 Å². The molecule has 1 rings (SSSR count). The number of carbonyl (C=O) groups is 1. The van der Waals surface area contributed by atoms with Crippen molar-refractivity contribution in [2.75, 3.05) is 26.2 Å². The summed E-state index contributed by atoms with van der Waals surface area (Å²) in [5.41, 5.74) is 0. The minimum Gasteiger partial charge on any atom is -0.450 e. The first kappa shape index (κ1) is 18.3. The summed E-state index contributed by atoms with van der Waals surface area (Å²) in [7, 11) is 0. The lowest BCUT2D eigenvalue weighted by atomic mass is 10.0. The highest BCUT2D eigenvalue weighted by molar-refractivity contribution is 5.67. The number of unbranched alkanes of at least 4 members (excludes halogenated alkanes) is 3. The van der Waals surface area contributed by atoms with E-state index in [2.05, 4.69) is 19.2 Å². The minimum atomic E-state index is -0.152. The van der Waals surface area contributed by atoms with Gasteiger partial charge in [0.2, 0.25) is 0 Å². The highest BCUT2D eigenvalue weighted by atomic mass is 16.6. The minimum absolute atomic E-state index is 0.152. The summed E-state index contributed by atoms with van der Waals surface area (Å²) in [6, 6.07) is 0.575. The first-order valence-electron chi connectivity index (χ1n) is 8.78. The van der Waals surface area contributed by atoms with Gasteiger partial charge in [-0.3, -0.25) is 0 Å². The molecule has 1 aliphatic rings. The van der Waals surface area contributed by atoms with E-state index in [0.717, 1.165) is 38.4 Å². The van der Waals surface area contributed by atoms with Crippen LogP contribution in [0.1, 0.15) is 65.7 Å². The third-order valence-electron chi connectivity index (χ3n) is 4.16. The molecule has 1 fully saturated rings. The Kier molecular flexibility index (Phi) is 9.48. The Labute approximate surface area is 130 Å². The fraction of sp³-hybridized carbons (Fsp3) is 0.941. The second-order valence-electron chi connectivity index (χ2n) is 6.51. The topological polar surface area (TPSA) is 41.6 Å². The number of carbonyl (C=O) groups excluding carboxylic acids is 1. The van der Waals surface area contributed by atoms with Crippen LogP contribution < -0.4 is 5.32 Å². The van der Waals surface area contributed by atoms with Crippen molar-refractivity contribution >= 4 is 6.09 Å². The Morgan fingerprint density at radius 2 is 1.86 bits per heavy atom. The van der Waals surface area contributed by atoms with Gasteiger partial charge in [-0.25, -0.2) is 4.79 Å². The molecule has 0 aliphatic carbocycles. The molecule has 0 saturated carbocycles. The average Bonchev–Trinajstić information content (AvgIpc) is 2.47. The van der Waals surface area contributed by atoms with Gasteiger partial charge in [0.25, 0.3) is 0 Å². The van der Waals surface area contributed by atoms with E-state index in [4.69, 9.17) is 4.74 Å². The molecule has 1 aliphatic heterocycles. The van der Waals surface area contributed by atoms with Crippen LogP contribution in [-0.4, -0.2) is 43.3 Å². The number of nitrogens with zero attached hydrogens (tertiary/aromatic N) is 1. The normalized spacial score (nSPS) is 16.5. The zero-order chi connectivity index (χ0) is 15.5. The van der Waals surface area contributed by atoms with Gasteiger partial charge < -0.3 is 15.0 Å². The van der Waals surface area contributed by atoms with Gasteiger partial charge in [-0.15, -0.1) is 0 Å². The molecule has 1 amide bonds. The predicted octanol–water partition coefficient (Wildman–Crippen LogP) is 3.80. The summed E-state index contributed by atoms with van der Waals surface area (Å²) in [4.78, 5) is 13.4. The molecule has 21 heavy (non-hydrogen) atoms. The van der Waals surface area contributed by atoms with Crippen LogP contribution in [0.15, 0.2) is 0 Å². The van der Waals surface area contributed by atoms with Crippen molar-refractivity contribution in [3.63, 3.8) is 0 Å². The third kappa shape index (κ3) is 8.30. The Hall–Kier alpha value is -0.770. The number of rotatable bonds is 9. The molecule has 4 heteroatoms. The Morgan fingerprint density at radius 3 is 2.48 bits per heavy atom. The van der Waals surface area contributed by atoms with E-state index in [1.807, 2.05) is 11.8 Å². The lowest BCUT2D eigenvalue weighted by molar-refractivity contribution is 0.0951. The molecular weight excluding hydrogens is 264 g/mol. The summed E-state index contributed by atoms with van der Waals surface area (Å²) < 4.78 is 5.04. The van der Waals surface area contributed by atoms with Crippen molar-refractivity contribution in [1.29, 1.82) is 0 Å². The van der Waals surface area contributed by atoms with Gasteiger partial charge in [0.15, 0.2) is 0 Å². The molecule has 0 bridgehead atoms. The molecule has 1 saturated heterocycles. The van der Waals surface area contributed by atoms with E-state index in [9.17, 15) is 4.79 Å². The molecule has 0 atom stereocenters. The number of hydrogen-bond acceptors (Lipinski definition) is 3. The highest BCUT2D eigenvalue weighted by Crippen LogP contribution is 2.12. The van der Waals surface area contributed by atoms with E-state index < -0.39 is 0 Å². The number of piperidine rings is 1. The second-order valence-corrected chi connectivity index (χ2v) is 6.51. The van der Waals surface area contributed by atoms with Gasteiger partial charge in [0.05, 0.1) is 6.61 Å². The van der Waals surface area contributed by atoms with E-state index in [1.54, 1.807) is 0 Å². The number of likely N-dealkylation sites (tertiary alicyclic amines) is 1. The maximum atomic E-state index is 11.6. The van der Waals surface area contributed by atoms with Gasteiger partial charge in [0.1, 0.15) is 0 Å². The molecule has 4 nitrogen and oxygen atoms in total. The fourth-order valence-electron chi connectivity index (χ4n) is 2.82. The number of nitrogens with one attached hydrogen (secondary N) is 1. The van der Waals surface area contributed by atoms with Crippen LogP contribution in [0.2, 0.25) is 0 Å². The molecule has 0 unspecified atom stereocenters. The average molecular weight is 298 g/mol. The number of amides is 1. The SMILES string of the molecule is CCOC(=O)N1CCC(NCCCCCCC(C)C)CC1. The predicted molar refractivity (Wildman–Crippen MR) is 87.5 cm³/mol. The van der Waals surface area contributed by atoms with Crippen molar-refractivity contribution in [3.05, 3.63) is 0 Å². The first-order chi connectivity index (χ1) is 10.1. The zero-order valence-corrected chi connectivity index (χ0v) is 14.2. The van der Waals surface area contributed by atoms with Crippen LogP contribution in [0, 0.1) is 5.92 Å². The largest absolute Gasteiger partial charge is 0.450 e. The van der Waals surface area contributed by atoms with Gasteiger partial charge in [-0.2, -0.15) is 0 Å².